The number of nitrogens with zero attached hydrogens (tertiary/aromatic N) is 3. The Bertz CT molecular complexity index is 574. The highest BCUT2D eigenvalue weighted by Crippen LogP contribution is 2.18. The van der Waals surface area contributed by atoms with E-state index in [0.29, 0.717) is 38.7 Å². The number of carbonyl (C=O) groups is 1. The number of methoxy groups -OCH3 is 1. The van der Waals surface area contributed by atoms with Crippen LogP contribution in [0, 0.1) is 5.92 Å². The van der Waals surface area contributed by atoms with Crippen LogP contribution in [0.4, 0.5) is 0 Å². The number of thioether (sulfide) groups is 1. The Hall–Kier alpha value is -0.270. The quantitative estimate of drug-likeness (QED) is 0.244. The Labute approximate surface area is 177 Å². The number of aliphatic imine (C=N–C) groups is 1. The number of ether oxygens (including phenoxy) is 1. The fourth-order valence-electron chi connectivity index (χ4n) is 3.07. The van der Waals surface area contributed by atoms with Crippen molar-refractivity contribution in [3.8, 4) is 0 Å². The summed E-state index contributed by atoms with van der Waals surface area (Å²) in [7, 11) is -0.120. The SMILES string of the molecule is CN=C(NCCS(=O)(=O)N1CCSCC1)N1CCC(C(=O)OC)CC1.I. The molecule has 2 rings (SSSR count). The van der Waals surface area contributed by atoms with Crippen molar-refractivity contribution in [1.82, 2.24) is 14.5 Å². The number of nitrogens with one attached hydrogen (secondary N) is 1. The molecule has 8 nitrogen and oxygen atoms in total. The van der Waals surface area contributed by atoms with Gasteiger partial charge in [0.1, 0.15) is 0 Å². The lowest BCUT2D eigenvalue weighted by Crippen LogP contribution is -2.48. The van der Waals surface area contributed by atoms with E-state index in [0.717, 1.165) is 24.3 Å². The predicted molar refractivity (Wildman–Crippen MR) is 116 cm³/mol. The third-order valence-corrected chi connectivity index (χ3v) is 7.36. The van der Waals surface area contributed by atoms with E-state index in [9.17, 15) is 13.2 Å². The van der Waals surface area contributed by atoms with Crippen LogP contribution in [0.1, 0.15) is 12.8 Å². The number of piperidine rings is 1. The molecule has 152 valence electrons. The Morgan fingerprint density at radius 2 is 1.85 bits per heavy atom. The molecule has 0 amide bonds. The van der Waals surface area contributed by atoms with Gasteiger partial charge in [0.25, 0.3) is 0 Å². The molecular formula is C15H29IN4O4S2. The van der Waals surface area contributed by atoms with Gasteiger partial charge in [-0.25, -0.2) is 12.7 Å². The van der Waals surface area contributed by atoms with Crippen LogP contribution < -0.4 is 5.32 Å². The van der Waals surface area contributed by atoms with Crippen molar-refractivity contribution in [1.29, 1.82) is 0 Å². The van der Waals surface area contributed by atoms with E-state index >= 15 is 0 Å². The first-order valence-electron chi connectivity index (χ1n) is 8.57. The molecule has 0 aromatic heterocycles. The third kappa shape index (κ3) is 6.71. The molecule has 0 bridgehead atoms. The van der Waals surface area contributed by atoms with Crippen LogP contribution >= 0.6 is 35.7 Å². The molecule has 0 atom stereocenters. The summed E-state index contributed by atoms with van der Waals surface area (Å²) in [6.07, 6.45) is 1.44. The van der Waals surface area contributed by atoms with Crippen LogP contribution in [0.15, 0.2) is 4.99 Å². The molecule has 26 heavy (non-hydrogen) atoms. The smallest absolute Gasteiger partial charge is 0.308 e. The Morgan fingerprint density at radius 1 is 1.23 bits per heavy atom. The van der Waals surface area contributed by atoms with Crippen molar-refractivity contribution in [2.45, 2.75) is 12.8 Å². The molecule has 0 aliphatic carbocycles. The summed E-state index contributed by atoms with van der Waals surface area (Å²) in [6, 6.07) is 0. The summed E-state index contributed by atoms with van der Waals surface area (Å²) in [6.45, 7) is 2.94. The van der Waals surface area contributed by atoms with Crippen LogP contribution in [0.2, 0.25) is 0 Å². The first kappa shape index (κ1) is 23.8. The number of hydrogen-bond acceptors (Lipinski definition) is 6. The number of rotatable bonds is 5. The van der Waals surface area contributed by atoms with E-state index in [1.165, 1.54) is 7.11 Å². The van der Waals surface area contributed by atoms with E-state index in [-0.39, 0.29) is 41.6 Å². The lowest BCUT2D eigenvalue weighted by atomic mass is 9.97. The van der Waals surface area contributed by atoms with Gasteiger partial charge in [0.2, 0.25) is 10.0 Å². The van der Waals surface area contributed by atoms with Gasteiger partial charge >= 0.3 is 5.97 Å². The lowest BCUT2D eigenvalue weighted by molar-refractivity contribution is -0.146. The predicted octanol–water partition coefficient (Wildman–Crippen LogP) is 0.443. The number of carbonyl (C=O) groups excluding carboxylic acids is 1. The van der Waals surface area contributed by atoms with Gasteiger partial charge in [-0.2, -0.15) is 11.8 Å². The lowest BCUT2D eigenvalue weighted by Gasteiger charge is -2.33. The number of halogens is 1. The fraction of sp³-hybridized carbons (Fsp3) is 0.867. The van der Waals surface area contributed by atoms with E-state index in [2.05, 4.69) is 15.2 Å². The molecule has 0 aromatic rings. The highest BCUT2D eigenvalue weighted by Gasteiger charge is 2.27. The van der Waals surface area contributed by atoms with Gasteiger partial charge < -0.3 is 15.0 Å². The molecule has 2 heterocycles. The largest absolute Gasteiger partial charge is 0.469 e. The van der Waals surface area contributed by atoms with Crippen molar-refractivity contribution < 1.29 is 17.9 Å². The van der Waals surface area contributed by atoms with E-state index in [1.807, 2.05) is 0 Å². The summed E-state index contributed by atoms with van der Waals surface area (Å²) in [5.41, 5.74) is 0. The van der Waals surface area contributed by atoms with Crippen LogP contribution in [0.25, 0.3) is 0 Å². The summed E-state index contributed by atoms with van der Waals surface area (Å²) in [4.78, 5) is 17.9. The average molecular weight is 520 g/mol. The Balaban J connectivity index is 0.00000338. The molecule has 2 aliphatic heterocycles. The molecule has 2 fully saturated rings. The van der Waals surface area contributed by atoms with Crippen molar-refractivity contribution in [3.63, 3.8) is 0 Å². The summed E-state index contributed by atoms with van der Waals surface area (Å²) >= 11 is 1.79. The molecule has 0 spiro atoms. The normalized spacial score (nSPS) is 20.4. The second-order valence-corrected chi connectivity index (χ2v) is 9.40. The maximum absolute atomic E-state index is 12.4. The highest BCUT2D eigenvalue weighted by molar-refractivity contribution is 14.0. The second-order valence-electron chi connectivity index (χ2n) is 6.09. The molecule has 2 saturated heterocycles. The minimum atomic E-state index is -3.22. The van der Waals surface area contributed by atoms with Gasteiger partial charge in [-0.15, -0.1) is 24.0 Å². The van der Waals surface area contributed by atoms with Crippen molar-refractivity contribution in [2.75, 3.05) is 64.1 Å². The topological polar surface area (TPSA) is 91.3 Å². The van der Waals surface area contributed by atoms with Crippen molar-refractivity contribution in [2.24, 2.45) is 10.9 Å². The first-order valence-corrected chi connectivity index (χ1v) is 11.3. The van der Waals surface area contributed by atoms with Crippen LogP contribution in [0.5, 0.6) is 0 Å². The zero-order valence-corrected chi connectivity index (χ0v) is 19.3. The van der Waals surface area contributed by atoms with E-state index in [1.54, 1.807) is 23.1 Å². The van der Waals surface area contributed by atoms with Gasteiger partial charge in [0.05, 0.1) is 18.8 Å². The maximum atomic E-state index is 12.4. The number of sulfonamides is 1. The molecule has 1 N–H and O–H groups in total. The van der Waals surface area contributed by atoms with Crippen LogP contribution in [-0.4, -0.2) is 93.7 Å². The summed E-state index contributed by atoms with van der Waals surface area (Å²) in [5.74, 6) is 2.26. The third-order valence-electron chi connectivity index (χ3n) is 4.55. The maximum Gasteiger partial charge on any atom is 0.308 e. The van der Waals surface area contributed by atoms with Gasteiger partial charge in [0, 0.05) is 51.3 Å². The van der Waals surface area contributed by atoms with Gasteiger partial charge in [-0.1, -0.05) is 0 Å². The first-order chi connectivity index (χ1) is 12.0. The zero-order chi connectivity index (χ0) is 18.3. The fourth-order valence-corrected chi connectivity index (χ4v) is 5.56. The number of esters is 1. The minimum absolute atomic E-state index is 0. The molecule has 11 heteroatoms. The van der Waals surface area contributed by atoms with E-state index in [4.69, 9.17) is 4.74 Å². The molecule has 0 saturated carbocycles. The van der Waals surface area contributed by atoms with Gasteiger partial charge in [-0.3, -0.25) is 9.79 Å². The molecule has 0 radical (unpaired) electrons. The highest BCUT2D eigenvalue weighted by atomic mass is 127. The summed E-state index contributed by atoms with van der Waals surface area (Å²) in [5, 5.41) is 3.14. The Morgan fingerprint density at radius 3 is 2.38 bits per heavy atom. The second kappa shape index (κ2) is 11.5. The molecule has 0 aromatic carbocycles. The molecule has 0 unspecified atom stereocenters. The van der Waals surface area contributed by atoms with Crippen molar-refractivity contribution >= 4 is 57.7 Å². The van der Waals surface area contributed by atoms with Gasteiger partial charge in [-0.05, 0) is 12.8 Å². The van der Waals surface area contributed by atoms with Crippen LogP contribution in [-0.2, 0) is 19.6 Å². The number of guanidine groups is 1. The van der Waals surface area contributed by atoms with Gasteiger partial charge in [0.15, 0.2) is 5.96 Å². The minimum Gasteiger partial charge on any atom is -0.469 e. The number of hydrogen-bond donors (Lipinski definition) is 1. The monoisotopic (exact) mass is 520 g/mol. The molecular weight excluding hydrogens is 491 g/mol. The number of likely N-dealkylation sites (tertiary alicyclic amines) is 1. The van der Waals surface area contributed by atoms with Crippen LogP contribution in [0.3, 0.4) is 0 Å². The standard InChI is InChI=1S/C15H28N4O4S2.HI/c1-16-15(18-6-3-13(4-7-18)14(20)23-2)17-5-12-25(21,22)19-8-10-24-11-9-19;/h13H,3-12H2,1-2H3,(H,16,17);1H. The summed E-state index contributed by atoms with van der Waals surface area (Å²) < 4.78 is 31.1. The van der Waals surface area contributed by atoms with Crippen molar-refractivity contribution in [3.05, 3.63) is 0 Å². The zero-order valence-electron chi connectivity index (χ0n) is 15.3. The molecule has 2 aliphatic rings. The average Bonchev–Trinajstić information content (AvgIpc) is 2.65. The van der Waals surface area contributed by atoms with E-state index < -0.39 is 10.0 Å². The Kier molecular flexibility index (Phi) is 10.6.